The Bertz CT molecular complexity index is 1840. The van der Waals surface area contributed by atoms with Crippen LogP contribution in [0.4, 0.5) is 11.4 Å². The van der Waals surface area contributed by atoms with E-state index in [4.69, 9.17) is 4.74 Å². The minimum absolute atomic E-state index is 0.00341. The molecule has 10 nitrogen and oxygen atoms in total. The lowest BCUT2D eigenvalue weighted by Crippen LogP contribution is -2.61. The maximum Gasteiger partial charge on any atom is 0.269 e. The van der Waals surface area contributed by atoms with Crippen LogP contribution in [0.25, 0.3) is 10.9 Å². The Morgan fingerprint density at radius 2 is 2.00 bits per heavy atom. The molecule has 6 heterocycles. The molecule has 0 saturated carbocycles. The second-order valence-electron chi connectivity index (χ2n) is 12.1. The van der Waals surface area contributed by atoms with Crippen molar-refractivity contribution in [3.8, 4) is 5.75 Å². The first kappa shape index (κ1) is 25.1. The van der Waals surface area contributed by atoms with Crippen LogP contribution in [0.2, 0.25) is 0 Å². The van der Waals surface area contributed by atoms with Crippen molar-refractivity contribution in [2.24, 2.45) is 11.8 Å². The highest BCUT2D eigenvalue weighted by molar-refractivity contribution is 5.88. The summed E-state index contributed by atoms with van der Waals surface area (Å²) < 4.78 is 7.37. The van der Waals surface area contributed by atoms with Gasteiger partial charge in [-0.3, -0.25) is 19.7 Å². The summed E-state index contributed by atoms with van der Waals surface area (Å²) in [5, 5.41) is 12.7. The Labute approximate surface area is 241 Å². The number of nitrogens with zero attached hydrogens (tertiary/aromatic N) is 4. The fourth-order valence-electron chi connectivity index (χ4n) is 8.18. The molecule has 0 unspecified atom stereocenters. The molecule has 214 valence electrons. The first-order chi connectivity index (χ1) is 20.4. The quantitative estimate of drug-likeness (QED) is 0.297. The number of hydrogen-bond donors (Lipinski definition) is 1. The topological polar surface area (TPSA) is 114 Å². The van der Waals surface area contributed by atoms with Crippen molar-refractivity contribution in [1.82, 2.24) is 14.5 Å². The van der Waals surface area contributed by atoms with Crippen LogP contribution in [0.3, 0.4) is 0 Å². The molecule has 42 heavy (non-hydrogen) atoms. The van der Waals surface area contributed by atoms with Gasteiger partial charge in [0, 0.05) is 96.3 Å². The minimum atomic E-state index is -0.368. The van der Waals surface area contributed by atoms with E-state index < -0.39 is 0 Å². The number of carbonyl (C=O) groups is 1. The van der Waals surface area contributed by atoms with Gasteiger partial charge < -0.3 is 24.1 Å². The fourth-order valence-corrected chi connectivity index (χ4v) is 8.18. The number of fused-ring (bicyclic) bond motifs is 11. The Kier molecular flexibility index (Phi) is 5.51. The SMILES string of the molecule is COc1ccc2[nH]c3c(c2c1)CN(C(=O)[C@@H]1Cc2cc([N+](=O)[O-])ccc2N2C[C@H]4C[C@H](Cn5c4cccc5=O)[C@@H]12)CC3. The van der Waals surface area contributed by atoms with Crippen molar-refractivity contribution < 1.29 is 14.5 Å². The van der Waals surface area contributed by atoms with Crippen molar-refractivity contribution in [2.45, 2.75) is 44.3 Å². The Balaban J connectivity index is 1.19. The first-order valence-corrected chi connectivity index (χ1v) is 14.6. The van der Waals surface area contributed by atoms with Gasteiger partial charge in [-0.1, -0.05) is 6.07 Å². The van der Waals surface area contributed by atoms with Crippen LogP contribution in [-0.4, -0.2) is 51.5 Å². The molecule has 4 aliphatic rings. The van der Waals surface area contributed by atoms with E-state index >= 15 is 0 Å². The molecule has 2 aromatic heterocycles. The second-order valence-corrected chi connectivity index (χ2v) is 12.1. The number of piperidine rings is 1. The number of H-pyrrole nitrogens is 1. The average Bonchev–Trinajstić information content (AvgIpc) is 3.37. The number of benzene rings is 2. The number of carbonyl (C=O) groups excluding carboxylic acids is 1. The molecule has 8 rings (SSSR count). The molecule has 0 aliphatic carbocycles. The van der Waals surface area contributed by atoms with Crippen molar-refractivity contribution in [1.29, 1.82) is 0 Å². The highest BCUT2D eigenvalue weighted by Crippen LogP contribution is 2.48. The van der Waals surface area contributed by atoms with Gasteiger partial charge in [-0.05, 0) is 54.7 Å². The number of hydrogen-bond acceptors (Lipinski definition) is 6. The first-order valence-electron chi connectivity index (χ1n) is 14.6. The molecule has 0 radical (unpaired) electrons. The number of rotatable bonds is 3. The van der Waals surface area contributed by atoms with E-state index in [0.717, 1.165) is 57.7 Å². The standard InChI is InChI=1S/C32H31N5O5/c1-42-22-6-7-26-23(14-22)25-17-34(10-9-27(25)33-26)32(39)24-13-18-12-21(37(40)41)5-8-29(18)36-15-19-11-20(31(24)36)16-35-28(19)3-2-4-30(35)38/h2-8,12,14,19-20,24,31,33H,9-11,13,15-17H2,1H3/t19-,20-,24-,31+/m1/s1. The summed E-state index contributed by atoms with van der Waals surface area (Å²) in [7, 11) is 1.65. The predicted molar refractivity (Wildman–Crippen MR) is 157 cm³/mol. The monoisotopic (exact) mass is 565 g/mol. The molecule has 1 fully saturated rings. The van der Waals surface area contributed by atoms with E-state index in [2.05, 4.69) is 9.88 Å². The molecule has 10 heteroatoms. The number of methoxy groups -OCH3 is 1. The average molecular weight is 566 g/mol. The van der Waals surface area contributed by atoms with Crippen LogP contribution < -0.4 is 15.2 Å². The third-order valence-electron chi connectivity index (χ3n) is 10.0. The minimum Gasteiger partial charge on any atom is -0.497 e. The normalized spacial score (nSPS) is 23.9. The van der Waals surface area contributed by atoms with Crippen molar-refractivity contribution in [3.63, 3.8) is 0 Å². The van der Waals surface area contributed by atoms with E-state index in [0.29, 0.717) is 32.6 Å². The van der Waals surface area contributed by atoms with E-state index in [1.807, 2.05) is 45.9 Å². The number of aromatic nitrogens is 2. The highest BCUT2D eigenvalue weighted by Gasteiger charge is 2.50. The third-order valence-corrected chi connectivity index (χ3v) is 10.0. The van der Waals surface area contributed by atoms with Gasteiger partial charge in [0.25, 0.3) is 11.2 Å². The number of nitro groups is 1. The van der Waals surface area contributed by atoms with Gasteiger partial charge in [0.2, 0.25) is 5.91 Å². The van der Waals surface area contributed by atoms with Crippen molar-refractivity contribution in [2.75, 3.05) is 25.1 Å². The number of pyridine rings is 1. The zero-order chi connectivity index (χ0) is 28.7. The predicted octanol–water partition coefficient (Wildman–Crippen LogP) is 4.00. The molecule has 4 aromatic rings. The molecule has 2 bridgehead atoms. The van der Waals surface area contributed by atoms with E-state index in [9.17, 15) is 19.7 Å². The molecule has 1 saturated heterocycles. The van der Waals surface area contributed by atoms with Gasteiger partial charge in [-0.2, -0.15) is 0 Å². The number of non-ortho nitro benzene ring substituents is 1. The van der Waals surface area contributed by atoms with Gasteiger partial charge in [-0.25, -0.2) is 0 Å². The number of anilines is 1. The van der Waals surface area contributed by atoms with Crippen LogP contribution in [-0.2, 0) is 30.7 Å². The van der Waals surface area contributed by atoms with Crippen LogP contribution >= 0.6 is 0 Å². The molecule has 1 amide bonds. The maximum atomic E-state index is 14.6. The van der Waals surface area contributed by atoms with Gasteiger partial charge in [0.05, 0.1) is 18.0 Å². The van der Waals surface area contributed by atoms with Crippen LogP contribution in [0.1, 0.15) is 34.9 Å². The summed E-state index contributed by atoms with van der Waals surface area (Å²) in [5.74, 6) is 0.761. The Hall–Kier alpha value is -4.60. The molecule has 4 atom stereocenters. The number of aromatic amines is 1. The maximum absolute atomic E-state index is 14.6. The summed E-state index contributed by atoms with van der Waals surface area (Å²) >= 11 is 0. The number of ether oxygens (including phenoxy) is 1. The summed E-state index contributed by atoms with van der Waals surface area (Å²) in [6.07, 6.45) is 2.10. The van der Waals surface area contributed by atoms with E-state index in [1.165, 1.54) is 0 Å². The lowest BCUT2D eigenvalue weighted by atomic mass is 9.69. The fraction of sp³-hybridized carbons (Fsp3) is 0.375. The van der Waals surface area contributed by atoms with Crippen LogP contribution in [0, 0.1) is 22.0 Å². The van der Waals surface area contributed by atoms with Crippen LogP contribution in [0.15, 0.2) is 59.4 Å². The zero-order valence-corrected chi connectivity index (χ0v) is 23.3. The number of nitrogens with one attached hydrogen (secondary N) is 1. The van der Waals surface area contributed by atoms with E-state index in [1.54, 1.807) is 25.3 Å². The van der Waals surface area contributed by atoms with Gasteiger partial charge in [0.15, 0.2) is 0 Å². The third kappa shape index (κ3) is 3.70. The van der Waals surface area contributed by atoms with Gasteiger partial charge in [-0.15, -0.1) is 0 Å². The molecule has 1 N–H and O–H groups in total. The molecule has 2 aromatic carbocycles. The largest absolute Gasteiger partial charge is 0.497 e. The Morgan fingerprint density at radius 1 is 1.12 bits per heavy atom. The summed E-state index contributed by atoms with van der Waals surface area (Å²) in [6.45, 7) is 2.36. The molecule has 0 spiro atoms. The summed E-state index contributed by atoms with van der Waals surface area (Å²) in [4.78, 5) is 46.6. The Morgan fingerprint density at radius 3 is 2.83 bits per heavy atom. The van der Waals surface area contributed by atoms with Crippen LogP contribution in [0.5, 0.6) is 5.75 Å². The molecule has 4 aliphatic heterocycles. The van der Waals surface area contributed by atoms with Crippen molar-refractivity contribution in [3.05, 3.63) is 97.6 Å². The highest BCUT2D eigenvalue weighted by atomic mass is 16.6. The smallest absolute Gasteiger partial charge is 0.269 e. The van der Waals surface area contributed by atoms with Crippen molar-refractivity contribution >= 4 is 28.2 Å². The lowest BCUT2D eigenvalue weighted by Gasteiger charge is -2.54. The number of amides is 1. The van der Waals surface area contributed by atoms with Gasteiger partial charge in [0.1, 0.15) is 5.75 Å². The number of nitro benzene ring substituents is 1. The summed E-state index contributed by atoms with van der Waals surface area (Å²) in [5.41, 5.74) is 6.20. The van der Waals surface area contributed by atoms with Gasteiger partial charge >= 0.3 is 0 Å². The second kappa shape index (κ2) is 9.20. The molecular formula is C32H31N5O5. The van der Waals surface area contributed by atoms with E-state index in [-0.39, 0.29) is 45.9 Å². The summed E-state index contributed by atoms with van der Waals surface area (Å²) in [6, 6.07) is 16.4. The lowest BCUT2D eigenvalue weighted by molar-refractivity contribution is -0.384. The zero-order valence-electron chi connectivity index (χ0n) is 23.3. The molecular weight excluding hydrogens is 534 g/mol.